The molecule has 128 valence electrons. The van der Waals surface area contributed by atoms with Crippen molar-refractivity contribution in [3.8, 4) is 0 Å². The molecular weight excluding hydrogens is 340 g/mol. The van der Waals surface area contributed by atoms with Gasteiger partial charge >= 0.3 is 0 Å². The molecule has 1 aliphatic heterocycles. The van der Waals surface area contributed by atoms with E-state index in [1.807, 2.05) is 6.92 Å². The van der Waals surface area contributed by atoms with Gasteiger partial charge in [0.25, 0.3) is 0 Å². The summed E-state index contributed by atoms with van der Waals surface area (Å²) in [4.78, 5) is 13.9. The van der Waals surface area contributed by atoms with Gasteiger partial charge in [0.15, 0.2) is 0 Å². The largest absolute Gasteiger partial charge is 0.378 e. The third kappa shape index (κ3) is 4.83. The average molecular weight is 361 g/mol. The average Bonchev–Trinajstić information content (AvgIpc) is 2.50. The van der Waals surface area contributed by atoms with Crippen molar-refractivity contribution in [2.75, 3.05) is 43.4 Å². The van der Waals surface area contributed by atoms with Crippen molar-refractivity contribution < 1.29 is 17.9 Å². The Morgan fingerprint density at radius 3 is 2.57 bits per heavy atom. The second kappa shape index (κ2) is 7.51. The summed E-state index contributed by atoms with van der Waals surface area (Å²) in [5.74, 6) is -0.0693. The molecule has 1 heterocycles. The van der Waals surface area contributed by atoms with Crippen molar-refractivity contribution in [1.29, 1.82) is 0 Å². The van der Waals surface area contributed by atoms with Crippen LogP contribution in [0.4, 0.5) is 5.69 Å². The fourth-order valence-electron chi connectivity index (χ4n) is 2.39. The highest BCUT2D eigenvalue weighted by molar-refractivity contribution is 7.92. The molecule has 1 amide bonds. The summed E-state index contributed by atoms with van der Waals surface area (Å²) in [5.41, 5.74) is 1.34. The van der Waals surface area contributed by atoms with E-state index in [0.717, 1.165) is 11.8 Å². The first kappa shape index (κ1) is 18.0. The molecule has 0 atom stereocenters. The summed E-state index contributed by atoms with van der Waals surface area (Å²) < 4.78 is 30.5. The second-order valence-electron chi connectivity index (χ2n) is 5.51. The minimum atomic E-state index is -3.49. The van der Waals surface area contributed by atoms with Crippen LogP contribution in [0, 0.1) is 6.92 Å². The number of sulfonamides is 1. The van der Waals surface area contributed by atoms with Crippen LogP contribution in [-0.4, -0.2) is 58.3 Å². The van der Waals surface area contributed by atoms with E-state index >= 15 is 0 Å². The first-order chi connectivity index (χ1) is 10.8. The molecule has 2 rings (SSSR count). The van der Waals surface area contributed by atoms with Crippen LogP contribution in [0.2, 0.25) is 5.02 Å². The lowest BCUT2D eigenvalue weighted by Gasteiger charge is -2.28. The van der Waals surface area contributed by atoms with Crippen LogP contribution in [0.25, 0.3) is 0 Å². The van der Waals surface area contributed by atoms with Crippen LogP contribution in [0.15, 0.2) is 18.2 Å². The number of hydrogen-bond donors (Lipinski definition) is 0. The molecule has 1 aromatic carbocycles. The Morgan fingerprint density at radius 1 is 1.35 bits per heavy atom. The smallest absolute Gasteiger partial charge is 0.232 e. The lowest BCUT2D eigenvalue weighted by atomic mass is 10.2. The second-order valence-corrected chi connectivity index (χ2v) is 7.83. The molecule has 0 N–H and O–H groups in total. The molecule has 0 spiro atoms. The van der Waals surface area contributed by atoms with E-state index in [1.165, 1.54) is 4.31 Å². The van der Waals surface area contributed by atoms with E-state index < -0.39 is 10.0 Å². The van der Waals surface area contributed by atoms with E-state index in [1.54, 1.807) is 23.1 Å². The molecule has 1 aromatic rings. The summed E-state index contributed by atoms with van der Waals surface area (Å²) in [6.07, 6.45) is 1.25. The maximum atomic E-state index is 12.2. The first-order valence-electron chi connectivity index (χ1n) is 7.38. The quantitative estimate of drug-likeness (QED) is 0.801. The molecule has 0 aliphatic carbocycles. The Bertz CT molecular complexity index is 672. The summed E-state index contributed by atoms with van der Waals surface area (Å²) in [6, 6.07) is 5.07. The monoisotopic (exact) mass is 360 g/mol. The molecule has 0 bridgehead atoms. The number of aryl methyl sites for hydroxylation is 1. The maximum Gasteiger partial charge on any atom is 0.232 e. The lowest BCUT2D eigenvalue weighted by molar-refractivity contribution is -0.134. The van der Waals surface area contributed by atoms with E-state index in [0.29, 0.717) is 37.0 Å². The fraction of sp³-hybridized carbons (Fsp3) is 0.533. The number of rotatable bonds is 5. The Hall–Kier alpha value is -1.31. The van der Waals surface area contributed by atoms with Crippen LogP contribution >= 0.6 is 11.6 Å². The lowest BCUT2D eigenvalue weighted by Crippen LogP contribution is -2.42. The van der Waals surface area contributed by atoms with Crippen molar-refractivity contribution >= 4 is 33.2 Å². The van der Waals surface area contributed by atoms with Crippen molar-refractivity contribution in [3.63, 3.8) is 0 Å². The van der Waals surface area contributed by atoms with Crippen molar-refractivity contribution in [2.24, 2.45) is 0 Å². The number of hydrogen-bond acceptors (Lipinski definition) is 4. The zero-order chi connectivity index (χ0) is 17.0. The number of carbonyl (C=O) groups is 1. The zero-order valence-electron chi connectivity index (χ0n) is 13.3. The number of morpholine rings is 1. The van der Waals surface area contributed by atoms with Crippen molar-refractivity contribution in [1.82, 2.24) is 4.90 Å². The minimum Gasteiger partial charge on any atom is -0.378 e. The highest BCUT2D eigenvalue weighted by Crippen LogP contribution is 2.25. The molecular formula is C15H21ClN2O4S. The molecule has 1 aliphatic rings. The van der Waals surface area contributed by atoms with Gasteiger partial charge in [0, 0.05) is 31.1 Å². The van der Waals surface area contributed by atoms with Gasteiger partial charge in [-0.15, -0.1) is 0 Å². The van der Waals surface area contributed by atoms with E-state index in [2.05, 4.69) is 0 Å². The fourth-order valence-corrected chi connectivity index (χ4v) is 3.49. The Morgan fingerprint density at radius 2 is 2.00 bits per heavy atom. The van der Waals surface area contributed by atoms with Crippen LogP contribution in [0.3, 0.4) is 0 Å². The van der Waals surface area contributed by atoms with Gasteiger partial charge in [-0.25, -0.2) is 8.42 Å². The summed E-state index contributed by atoms with van der Waals surface area (Å²) >= 11 is 6.08. The van der Waals surface area contributed by atoms with Crippen LogP contribution in [0.1, 0.15) is 12.0 Å². The third-order valence-corrected chi connectivity index (χ3v) is 5.34. The Labute approximate surface area is 142 Å². The van der Waals surface area contributed by atoms with Gasteiger partial charge in [0.2, 0.25) is 15.9 Å². The highest BCUT2D eigenvalue weighted by atomic mass is 35.5. The molecule has 0 radical (unpaired) electrons. The molecule has 1 fully saturated rings. The number of amides is 1. The summed E-state index contributed by atoms with van der Waals surface area (Å²) in [5, 5.41) is 0.496. The van der Waals surface area contributed by atoms with Gasteiger partial charge in [0.1, 0.15) is 0 Å². The van der Waals surface area contributed by atoms with Gasteiger partial charge in [-0.1, -0.05) is 17.7 Å². The van der Waals surface area contributed by atoms with Gasteiger partial charge in [-0.3, -0.25) is 9.10 Å². The topological polar surface area (TPSA) is 66.9 Å². The van der Waals surface area contributed by atoms with Crippen molar-refractivity contribution in [2.45, 2.75) is 13.3 Å². The molecule has 0 unspecified atom stereocenters. The van der Waals surface area contributed by atoms with Gasteiger partial charge in [-0.2, -0.15) is 0 Å². The maximum absolute atomic E-state index is 12.2. The number of halogens is 1. The zero-order valence-corrected chi connectivity index (χ0v) is 14.9. The van der Waals surface area contributed by atoms with Crippen molar-refractivity contribution in [3.05, 3.63) is 28.8 Å². The number of nitrogens with zero attached hydrogens (tertiary/aromatic N) is 2. The minimum absolute atomic E-state index is 0.0693. The highest BCUT2D eigenvalue weighted by Gasteiger charge is 2.22. The molecule has 1 saturated heterocycles. The molecule has 23 heavy (non-hydrogen) atoms. The normalized spacial score (nSPS) is 15.5. The SMILES string of the molecule is Cc1ccc(N(CCC(=O)N2CCOCC2)S(C)(=O)=O)cc1Cl. The summed E-state index contributed by atoms with van der Waals surface area (Å²) in [6.45, 7) is 4.08. The number of ether oxygens (including phenoxy) is 1. The number of carbonyl (C=O) groups excluding carboxylic acids is 1. The van der Waals surface area contributed by atoms with Crippen LogP contribution in [-0.2, 0) is 19.6 Å². The first-order valence-corrected chi connectivity index (χ1v) is 9.61. The third-order valence-electron chi connectivity index (χ3n) is 3.74. The predicted octanol–water partition coefficient (Wildman–Crippen LogP) is 1.66. The van der Waals surface area contributed by atoms with E-state index in [-0.39, 0.29) is 18.9 Å². The molecule has 6 nitrogen and oxygen atoms in total. The predicted molar refractivity (Wildman–Crippen MR) is 90.4 cm³/mol. The van der Waals surface area contributed by atoms with Crippen LogP contribution in [0.5, 0.6) is 0 Å². The number of anilines is 1. The molecule has 0 saturated carbocycles. The summed E-state index contributed by atoms with van der Waals surface area (Å²) in [7, 11) is -3.49. The Kier molecular flexibility index (Phi) is 5.89. The van der Waals surface area contributed by atoms with Crippen LogP contribution < -0.4 is 4.31 Å². The molecule has 8 heteroatoms. The Balaban J connectivity index is 2.10. The molecule has 0 aromatic heterocycles. The number of benzene rings is 1. The standard InChI is InChI=1S/C15H21ClN2O4S/c1-12-3-4-13(11-14(12)16)18(23(2,20)21)6-5-15(19)17-7-9-22-10-8-17/h3-4,11H,5-10H2,1-2H3. The van der Waals surface area contributed by atoms with Gasteiger partial charge < -0.3 is 9.64 Å². The van der Waals surface area contributed by atoms with Gasteiger partial charge in [0.05, 0.1) is 25.2 Å². The van der Waals surface area contributed by atoms with E-state index in [4.69, 9.17) is 16.3 Å². The van der Waals surface area contributed by atoms with Gasteiger partial charge in [-0.05, 0) is 24.6 Å². The van der Waals surface area contributed by atoms with E-state index in [9.17, 15) is 13.2 Å².